The molecule has 0 N–H and O–H groups in total. The van der Waals surface area contributed by atoms with E-state index < -0.39 is 5.79 Å². The first-order valence-electron chi connectivity index (χ1n) is 9.38. The van der Waals surface area contributed by atoms with Crippen molar-refractivity contribution in [3.63, 3.8) is 0 Å². The van der Waals surface area contributed by atoms with Crippen molar-refractivity contribution in [3.8, 4) is 0 Å². The lowest BCUT2D eigenvalue weighted by atomic mass is 9.94. The summed E-state index contributed by atoms with van der Waals surface area (Å²) in [6, 6.07) is 14.8. The molecule has 1 fully saturated rings. The van der Waals surface area contributed by atoms with Gasteiger partial charge in [-0.3, -0.25) is 4.79 Å². The predicted octanol–water partition coefficient (Wildman–Crippen LogP) is 5.22. The zero-order valence-corrected chi connectivity index (χ0v) is 15.3. The van der Waals surface area contributed by atoms with E-state index in [2.05, 4.69) is 42.5 Å². The Morgan fingerprint density at radius 2 is 1.76 bits per heavy atom. The van der Waals surface area contributed by atoms with Gasteiger partial charge in [0, 0.05) is 17.9 Å². The van der Waals surface area contributed by atoms with Crippen LogP contribution in [-0.4, -0.2) is 19.0 Å². The highest BCUT2D eigenvalue weighted by Gasteiger charge is 2.38. The molecule has 2 aromatic carbocycles. The summed E-state index contributed by atoms with van der Waals surface area (Å²) in [6.07, 6.45) is 5.05. The Balaban J connectivity index is 1.63. The summed E-state index contributed by atoms with van der Waals surface area (Å²) in [5.41, 5.74) is 1.11. The highest BCUT2D eigenvalue weighted by Crippen LogP contribution is 2.38. The normalized spacial score (nSPS) is 17.7. The lowest BCUT2D eigenvalue weighted by Crippen LogP contribution is -2.27. The third kappa shape index (κ3) is 4.28. The van der Waals surface area contributed by atoms with Gasteiger partial charge in [0.1, 0.15) is 5.78 Å². The lowest BCUT2D eigenvalue weighted by Gasteiger charge is -2.28. The maximum absolute atomic E-state index is 11.3. The van der Waals surface area contributed by atoms with Gasteiger partial charge in [0.05, 0.1) is 13.2 Å². The Labute approximate surface area is 150 Å². The number of carbonyl (C=O) groups is 1. The van der Waals surface area contributed by atoms with Crippen LogP contribution in [0.15, 0.2) is 42.5 Å². The molecule has 1 saturated heterocycles. The van der Waals surface area contributed by atoms with Crippen LogP contribution in [-0.2, 0) is 20.1 Å². The molecule has 0 amide bonds. The van der Waals surface area contributed by atoms with E-state index in [0.717, 1.165) is 37.7 Å². The molecule has 0 radical (unpaired) electrons. The third-order valence-electron chi connectivity index (χ3n) is 5.28. The second-order valence-corrected chi connectivity index (χ2v) is 7.12. The highest BCUT2D eigenvalue weighted by atomic mass is 16.7. The predicted molar refractivity (Wildman–Crippen MR) is 100 cm³/mol. The van der Waals surface area contributed by atoms with Crippen LogP contribution in [0.3, 0.4) is 0 Å². The van der Waals surface area contributed by atoms with Crippen LogP contribution in [0.4, 0.5) is 0 Å². The average molecular weight is 340 g/mol. The molecule has 3 rings (SSSR count). The van der Waals surface area contributed by atoms with Gasteiger partial charge in [0.2, 0.25) is 0 Å². The smallest absolute Gasteiger partial charge is 0.195 e. The zero-order valence-electron chi connectivity index (χ0n) is 15.3. The number of ether oxygens (including phenoxy) is 2. The molecule has 3 heteroatoms. The van der Waals surface area contributed by atoms with Gasteiger partial charge in [0.15, 0.2) is 5.79 Å². The van der Waals surface area contributed by atoms with E-state index >= 15 is 0 Å². The van der Waals surface area contributed by atoms with Gasteiger partial charge >= 0.3 is 0 Å². The Kier molecular flexibility index (Phi) is 5.87. The van der Waals surface area contributed by atoms with Crippen LogP contribution in [0.2, 0.25) is 0 Å². The number of rotatable bonds is 8. The van der Waals surface area contributed by atoms with Crippen LogP contribution in [0, 0.1) is 5.92 Å². The van der Waals surface area contributed by atoms with Crippen molar-refractivity contribution in [2.45, 2.75) is 51.7 Å². The summed E-state index contributed by atoms with van der Waals surface area (Å²) in [5.74, 6) is -0.139. The Bertz CT molecular complexity index is 716. The van der Waals surface area contributed by atoms with E-state index in [1.165, 1.54) is 10.8 Å². The SMILES string of the molecule is CC(=O)C(C)CCCCCC1(c2ccc3ccccc3c2)OCCO1. The molecule has 0 aromatic heterocycles. The maximum atomic E-state index is 11.3. The van der Waals surface area contributed by atoms with Crippen molar-refractivity contribution in [2.75, 3.05) is 13.2 Å². The van der Waals surface area contributed by atoms with Gasteiger partial charge in [-0.15, -0.1) is 0 Å². The minimum Gasteiger partial charge on any atom is -0.343 e. The van der Waals surface area contributed by atoms with Crippen LogP contribution in [0.1, 0.15) is 51.5 Å². The zero-order chi connectivity index (χ0) is 17.7. The number of hydrogen-bond acceptors (Lipinski definition) is 3. The second kappa shape index (κ2) is 8.11. The highest BCUT2D eigenvalue weighted by molar-refractivity contribution is 5.83. The Morgan fingerprint density at radius 1 is 1.04 bits per heavy atom. The monoisotopic (exact) mass is 340 g/mol. The van der Waals surface area contributed by atoms with Crippen molar-refractivity contribution >= 4 is 16.6 Å². The first kappa shape index (κ1) is 18.1. The average Bonchev–Trinajstić information content (AvgIpc) is 3.11. The standard InChI is InChI=1S/C22H28O3/c1-17(18(2)23)8-4-3-7-13-22(24-14-15-25-22)21-12-11-19-9-5-6-10-20(19)16-21/h5-6,9-12,16-17H,3-4,7-8,13-15H2,1-2H3. The van der Waals surface area contributed by atoms with Gasteiger partial charge in [-0.2, -0.15) is 0 Å². The van der Waals surface area contributed by atoms with Crippen molar-refractivity contribution in [1.29, 1.82) is 0 Å². The third-order valence-corrected chi connectivity index (χ3v) is 5.28. The molecular formula is C22H28O3. The largest absolute Gasteiger partial charge is 0.343 e. The first-order chi connectivity index (χ1) is 12.1. The van der Waals surface area contributed by atoms with Crippen LogP contribution in [0.5, 0.6) is 0 Å². The molecular weight excluding hydrogens is 312 g/mol. The van der Waals surface area contributed by atoms with Crippen LogP contribution in [0.25, 0.3) is 10.8 Å². The topological polar surface area (TPSA) is 35.5 Å². The molecule has 0 aliphatic carbocycles. The van der Waals surface area contributed by atoms with Crippen molar-refractivity contribution in [3.05, 3.63) is 48.0 Å². The van der Waals surface area contributed by atoms with Crippen LogP contribution < -0.4 is 0 Å². The molecule has 3 nitrogen and oxygen atoms in total. The van der Waals surface area contributed by atoms with E-state index in [9.17, 15) is 4.79 Å². The van der Waals surface area contributed by atoms with Crippen molar-refractivity contribution in [2.24, 2.45) is 5.92 Å². The number of Topliss-reactive ketones (excluding diaryl/α,β-unsaturated/α-hetero) is 1. The van der Waals surface area contributed by atoms with E-state index in [4.69, 9.17) is 9.47 Å². The number of ketones is 1. The molecule has 0 spiro atoms. The molecule has 134 valence electrons. The number of benzene rings is 2. The van der Waals surface area contributed by atoms with E-state index in [1.807, 2.05) is 6.92 Å². The molecule has 1 aliphatic heterocycles. The minimum absolute atomic E-state index is 0.174. The molecule has 1 aliphatic rings. The molecule has 1 atom stereocenters. The molecule has 0 bridgehead atoms. The van der Waals surface area contributed by atoms with E-state index in [0.29, 0.717) is 13.2 Å². The van der Waals surface area contributed by atoms with Gasteiger partial charge in [0.25, 0.3) is 0 Å². The lowest BCUT2D eigenvalue weighted by molar-refractivity contribution is -0.171. The van der Waals surface area contributed by atoms with Gasteiger partial charge in [-0.25, -0.2) is 0 Å². The van der Waals surface area contributed by atoms with Crippen LogP contribution >= 0.6 is 0 Å². The number of unbranched alkanes of at least 4 members (excludes halogenated alkanes) is 2. The quantitative estimate of drug-likeness (QED) is 0.618. The number of carbonyl (C=O) groups excluding carboxylic acids is 1. The fourth-order valence-electron chi connectivity index (χ4n) is 3.52. The second-order valence-electron chi connectivity index (χ2n) is 7.12. The summed E-state index contributed by atoms with van der Waals surface area (Å²) in [6.45, 7) is 4.99. The maximum Gasteiger partial charge on any atom is 0.195 e. The van der Waals surface area contributed by atoms with Crippen molar-refractivity contribution in [1.82, 2.24) is 0 Å². The number of fused-ring (bicyclic) bond motifs is 1. The van der Waals surface area contributed by atoms with E-state index in [1.54, 1.807) is 6.92 Å². The van der Waals surface area contributed by atoms with Crippen molar-refractivity contribution < 1.29 is 14.3 Å². The summed E-state index contributed by atoms with van der Waals surface area (Å²) in [4.78, 5) is 11.3. The molecule has 0 saturated carbocycles. The fraction of sp³-hybridized carbons (Fsp3) is 0.500. The Morgan fingerprint density at radius 3 is 2.48 bits per heavy atom. The summed E-state index contributed by atoms with van der Waals surface area (Å²) in [5, 5.41) is 2.45. The first-order valence-corrected chi connectivity index (χ1v) is 9.38. The van der Waals surface area contributed by atoms with E-state index in [-0.39, 0.29) is 11.7 Å². The fourth-order valence-corrected chi connectivity index (χ4v) is 3.52. The number of hydrogen-bond donors (Lipinski definition) is 0. The van der Waals surface area contributed by atoms with Gasteiger partial charge in [-0.1, -0.05) is 56.2 Å². The minimum atomic E-state index is -0.601. The molecule has 1 heterocycles. The summed E-state index contributed by atoms with van der Waals surface area (Å²) >= 11 is 0. The van der Waals surface area contributed by atoms with Gasteiger partial charge < -0.3 is 9.47 Å². The summed E-state index contributed by atoms with van der Waals surface area (Å²) < 4.78 is 12.1. The summed E-state index contributed by atoms with van der Waals surface area (Å²) in [7, 11) is 0. The molecule has 1 unspecified atom stereocenters. The Hall–Kier alpha value is -1.71. The molecule has 25 heavy (non-hydrogen) atoms. The van der Waals surface area contributed by atoms with Gasteiger partial charge in [-0.05, 0) is 36.6 Å². The molecule has 2 aromatic rings.